The summed E-state index contributed by atoms with van der Waals surface area (Å²) in [4.78, 5) is 12.3. The Morgan fingerprint density at radius 2 is 1.88 bits per heavy atom. The SMILES string of the molecule is COc1ccc(C(=O)NCC2COc3ccccc3O2)cc1OC. The van der Waals surface area contributed by atoms with E-state index in [0.29, 0.717) is 36.0 Å². The minimum atomic E-state index is -0.232. The quantitative estimate of drug-likeness (QED) is 0.911. The Hall–Kier alpha value is -2.89. The Balaban J connectivity index is 1.60. The highest BCUT2D eigenvalue weighted by atomic mass is 16.6. The molecule has 6 heteroatoms. The summed E-state index contributed by atoms with van der Waals surface area (Å²) in [7, 11) is 3.08. The van der Waals surface area contributed by atoms with Crippen LogP contribution in [0, 0.1) is 0 Å². The van der Waals surface area contributed by atoms with E-state index < -0.39 is 0 Å². The average molecular weight is 329 g/mol. The van der Waals surface area contributed by atoms with E-state index in [2.05, 4.69) is 5.32 Å². The van der Waals surface area contributed by atoms with Gasteiger partial charge >= 0.3 is 0 Å². The Morgan fingerprint density at radius 1 is 1.12 bits per heavy atom. The molecule has 0 saturated carbocycles. The molecule has 1 unspecified atom stereocenters. The number of carbonyl (C=O) groups excluding carboxylic acids is 1. The fourth-order valence-corrected chi connectivity index (χ4v) is 2.45. The van der Waals surface area contributed by atoms with Crippen LogP contribution in [0.25, 0.3) is 0 Å². The molecule has 0 spiro atoms. The van der Waals surface area contributed by atoms with Crippen molar-refractivity contribution in [1.82, 2.24) is 5.32 Å². The third-order valence-corrected chi connectivity index (χ3v) is 3.70. The molecule has 6 nitrogen and oxygen atoms in total. The highest BCUT2D eigenvalue weighted by Gasteiger charge is 2.21. The number of hydrogen-bond acceptors (Lipinski definition) is 5. The zero-order valence-electron chi connectivity index (χ0n) is 13.6. The van der Waals surface area contributed by atoms with Crippen LogP contribution in [-0.4, -0.2) is 39.4 Å². The van der Waals surface area contributed by atoms with E-state index in [1.165, 1.54) is 7.11 Å². The topological polar surface area (TPSA) is 66.0 Å². The minimum Gasteiger partial charge on any atom is -0.493 e. The lowest BCUT2D eigenvalue weighted by Crippen LogP contribution is -2.40. The first-order valence-corrected chi connectivity index (χ1v) is 7.60. The number of methoxy groups -OCH3 is 2. The maximum Gasteiger partial charge on any atom is 0.251 e. The molecule has 1 aliphatic rings. The van der Waals surface area contributed by atoms with Crippen molar-refractivity contribution in [1.29, 1.82) is 0 Å². The van der Waals surface area contributed by atoms with Gasteiger partial charge < -0.3 is 24.3 Å². The number of hydrogen-bond donors (Lipinski definition) is 1. The molecule has 1 N–H and O–H groups in total. The Bertz CT molecular complexity index is 731. The van der Waals surface area contributed by atoms with E-state index in [9.17, 15) is 4.79 Å². The van der Waals surface area contributed by atoms with Gasteiger partial charge in [-0.3, -0.25) is 4.79 Å². The molecule has 0 aromatic heterocycles. The summed E-state index contributed by atoms with van der Waals surface area (Å²) < 4.78 is 21.8. The van der Waals surface area contributed by atoms with Crippen LogP contribution in [-0.2, 0) is 0 Å². The van der Waals surface area contributed by atoms with Crippen molar-refractivity contribution >= 4 is 5.91 Å². The number of carbonyl (C=O) groups is 1. The molecular weight excluding hydrogens is 310 g/mol. The van der Waals surface area contributed by atoms with Gasteiger partial charge in [0.1, 0.15) is 12.7 Å². The number of ether oxygens (including phenoxy) is 4. The lowest BCUT2D eigenvalue weighted by Gasteiger charge is -2.26. The molecular formula is C18H19NO5. The third kappa shape index (κ3) is 3.37. The molecule has 0 aliphatic carbocycles. The highest BCUT2D eigenvalue weighted by molar-refractivity contribution is 5.94. The molecule has 0 saturated heterocycles. The first-order chi connectivity index (χ1) is 11.7. The Kier molecular flexibility index (Phi) is 4.74. The number of rotatable bonds is 5. The molecule has 126 valence electrons. The molecule has 1 atom stereocenters. The fraction of sp³-hybridized carbons (Fsp3) is 0.278. The van der Waals surface area contributed by atoms with Gasteiger partial charge in [0.25, 0.3) is 5.91 Å². The molecule has 0 fully saturated rings. The maximum absolute atomic E-state index is 12.3. The summed E-state index contributed by atoms with van der Waals surface area (Å²) in [6, 6.07) is 12.5. The van der Waals surface area contributed by atoms with Crippen LogP contribution in [0.4, 0.5) is 0 Å². The van der Waals surface area contributed by atoms with Crippen molar-refractivity contribution in [2.24, 2.45) is 0 Å². The van der Waals surface area contributed by atoms with Crippen LogP contribution >= 0.6 is 0 Å². The number of para-hydroxylation sites is 2. The average Bonchev–Trinajstić information content (AvgIpc) is 2.65. The predicted molar refractivity (Wildman–Crippen MR) is 88.2 cm³/mol. The second kappa shape index (κ2) is 7.12. The van der Waals surface area contributed by atoms with Gasteiger partial charge in [-0.2, -0.15) is 0 Å². The lowest BCUT2D eigenvalue weighted by molar-refractivity contribution is 0.0789. The van der Waals surface area contributed by atoms with Crippen molar-refractivity contribution in [3.8, 4) is 23.0 Å². The van der Waals surface area contributed by atoms with Gasteiger partial charge in [-0.05, 0) is 30.3 Å². The first kappa shape index (κ1) is 16.0. The van der Waals surface area contributed by atoms with E-state index in [1.807, 2.05) is 24.3 Å². The summed E-state index contributed by atoms with van der Waals surface area (Å²) in [5, 5.41) is 2.85. The molecule has 2 aromatic carbocycles. The highest BCUT2D eigenvalue weighted by Crippen LogP contribution is 2.31. The molecule has 2 aromatic rings. The minimum absolute atomic E-state index is 0.210. The number of nitrogens with one attached hydrogen (secondary N) is 1. The summed E-state index contributed by atoms with van der Waals surface area (Å²) in [6.07, 6.45) is -0.232. The molecule has 1 amide bonds. The summed E-state index contributed by atoms with van der Waals surface area (Å²) in [6.45, 7) is 0.741. The van der Waals surface area contributed by atoms with Gasteiger partial charge in [0.15, 0.2) is 23.0 Å². The number of benzene rings is 2. The van der Waals surface area contributed by atoms with E-state index in [0.717, 1.165) is 5.75 Å². The van der Waals surface area contributed by atoms with Gasteiger partial charge in [-0.15, -0.1) is 0 Å². The fourth-order valence-electron chi connectivity index (χ4n) is 2.45. The summed E-state index contributed by atoms with van der Waals surface area (Å²) in [5.74, 6) is 2.29. The van der Waals surface area contributed by atoms with E-state index in [-0.39, 0.29) is 12.0 Å². The van der Waals surface area contributed by atoms with Gasteiger partial charge in [-0.25, -0.2) is 0 Å². The lowest BCUT2D eigenvalue weighted by atomic mass is 10.2. The standard InChI is InChI=1S/C18H19NO5/c1-21-14-8-7-12(9-17(14)22-2)18(20)19-10-13-11-23-15-5-3-4-6-16(15)24-13/h3-9,13H,10-11H2,1-2H3,(H,19,20). The second-order valence-corrected chi connectivity index (χ2v) is 5.28. The van der Waals surface area contributed by atoms with Gasteiger partial charge in [-0.1, -0.05) is 12.1 Å². The Labute approximate surface area is 140 Å². The van der Waals surface area contributed by atoms with Crippen LogP contribution in [0.5, 0.6) is 23.0 Å². The van der Waals surface area contributed by atoms with Crippen molar-refractivity contribution in [3.63, 3.8) is 0 Å². The molecule has 3 rings (SSSR count). The van der Waals surface area contributed by atoms with Crippen LogP contribution in [0.15, 0.2) is 42.5 Å². The normalized spacial score (nSPS) is 15.5. The van der Waals surface area contributed by atoms with E-state index in [4.69, 9.17) is 18.9 Å². The van der Waals surface area contributed by atoms with E-state index >= 15 is 0 Å². The maximum atomic E-state index is 12.3. The third-order valence-electron chi connectivity index (χ3n) is 3.70. The summed E-state index contributed by atoms with van der Waals surface area (Å²) in [5.41, 5.74) is 0.491. The van der Waals surface area contributed by atoms with Gasteiger partial charge in [0.05, 0.1) is 20.8 Å². The zero-order chi connectivity index (χ0) is 16.9. The van der Waals surface area contributed by atoms with Gasteiger partial charge in [0, 0.05) is 5.56 Å². The van der Waals surface area contributed by atoms with E-state index in [1.54, 1.807) is 25.3 Å². The van der Waals surface area contributed by atoms with Crippen molar-refractivity contribution in [2.45, 2.75) is 6.10 Å². The molecule has 24 heavy (non-hydrogen) atoms. The summed E-state index contributed by atoms with van der Waals surface area (Å²) >= 11 is 0. The van der Waals surface area contributed by atoms with Crippen molar-refractivity contribution in [3.05, 3.63) is 48.0 Å². The van der Waals surface area contributed by atoms with Crippen molar-refractivity contribution in [2.75, 3.05) is 27.4 Å². The van der Waals surface area contributed by atoms with Crippen LogP contribution in [0.1, 0.15) is 10.4 Å². The largest absolute Gasteiger partial charge is 0.493 e. The number of amides is 1. The van der Waals surface area contributed by atoms with Crippen LogP contribution in [0.2, 0.25) is 0 Å². The molecule has 1 heterocycles. The number of fused-ring (bicyclic) bond motifs is 1. The molecule has 0 radical (unpaired) electrons. The zero-order valence-corrected chi connectivity index (χ0v) is 13.6. The first-order valence-electron chi connectivity index (χ1n) is 7.60. The Morgan fingerprint density at radius 3 is 2.62 bits per heavy atom. The van der Waals surface area contributed by atoms with Crippen LogP contribution < -0.4 is 24.3 Å². The van der Waals surface area contributed by atoms with Gasteiger partial charge in [0.2, 0.25) is 0 Å². The predicted octanol–water partition coefficient (Wildman–Crippen LogP) is 2.27. The molecule has 1 aliphatic heterocycles. The van der Waals surface area contributed by atoms with Crippen molar-refractivity contribution < 1.29 is 23.7 Å². The smallest absolute Gasteiger partial charge is 0.251 e. The second-order valence-electron chi connectivity index (χ2n) is 5.28. The van der Waals surface area contributed by atoms with Crippen LogP contribution in [0.3, 0.4) is 0 Å². The molecule has 0 bridgehead atoms. The monoisotopic (exact) mass is 329 g/mol.